The first-order valence-electron chi connectivity index (χ1n) is 8.49. The van der Waals surface area contributed by atoms with E-state index in [2.05, 4.69) is 20.2 Å². The average Bonchev–Trinajstić information content (AvgIpc) is 3.22. The Bertz CT molecular complexity index is 1120. The Morgan fingerprint density at radius 3 is 2.78 bits per heavy atom. The molecule has 0 aliphatic heterocycles. The molecule has 1 N–H and O–H groups in total. The lowest BCUT2D eigenvalue weighted by atomic mass is 10.2. The molecule has 8 heteroatoms. The molecule has 0 atom stereocenters. The van der Waals surface area contributed by atoms with E-state index < -0.39 is 0 Å². The van der Waals surface area contributed by atoms with Crippen LogP contribution in [-0.4, -0.2) is 31.3 Å². The molecule has 0 bridgehead atoms. The largest absolute Gasteiger partial charge is 0.494 e. The second-order valence-corrected chi connectivity index (χ2v) is 6.63. The summed E-state index contributed by atoms with van der Waals surface area (Å²) in [5, 5.41) is 7.70. The molecule has 0 aliphatic carbocycles. The van der Waals surface area contributed by atoms with Crippen LogP contribution >= 0.6 is 11.8 Å². The molecule has 4 rings (SSSR count). The minimum atomic E-state index is -0.182. The van der Waals surface area contributed by atoms with Gasteiger partial charge in [0, 0.05) is 11.3 Å². The predicted molar refractivity (Wildman–Crippen MR) is 104 cm³/mol. The molecule has 27 heavy (non-hydrogen) atoms. The molecule has 0 spiro atoms. The van der Waals surface area contributed by atoms with Crippen LogP contribution in [0.3, 0.4) is 0 Å². The highest BCUT2D eigenvalue weighted by Crippen LogP contribution is 2.28. The van der Waals surface area contributed by atoms with Crippen LogP contribution in [0.4, 0.5) is 0 Å². The number of aromatic amines is 1. The molecule has 0 amide bonds. The van der Waals surface area contributed by atoms with Crippen molar-refractivity contribution in [2.45, 2.75) is 17.8 Å². The Hall–Kier alpha value is -3.13. The van der Waals surface area contributed by atoms with Crippen molar-refractivity contribution >= 4 is 22.7 Å². The van der Waals surface area contributed by atoms with Crippen molar-refractivity contribution in [3.63, 3.8) is 0 Å². The predicted octanol–water partition coefficient (Wildman–Crippen LogP) is 3.19. The second kappa shape index (κ2) is 7.63. The van der Waals surface area contributed by atoms with Crippen LogP contribution in [0.25, 0.3) is 16.9 Å². The zero-order valence-electron chi connectivity index (χ0n) is 14.6. The van der Waals surface area contributed by atoms with Gasteiger partial charge in [0.25, 0.3) is 5.56 Å². The highest BCUT2D eigenvalue weighted by Gasteiger charge is 2.16. The maximum atomic E-state index is 13.0. The lowest BCUT2D eigenvalue weighted by Gasteiger charge is -2.12. The molecule has 0 radical (unpaired) electrons. The van der Waals surface area contributed by atoms with Crippen LogP contribution < -0.4 is 10.3 Å². The fourth-order valence-corrected chi connectivity index (χ4v) is 3.75. The van der Waals surface area contributed by atoms with Gasteiger partial charge in [-0.05, 0) is 25.1 Å². The van der Waals surface area contributed by atoms with Gasteiger partial charge in [-0.2, -0.15) is 10.1 Å². The molecule has 7 nitrogen and oxygen atoms in total. The number of thioether (sulfide) groups is 1. The Balaban J connectivity index is 1.77. The van der Waals surface area contributed by atoms with E-state index in [-0.39, 0.29) is 5.56 Å². The molecule has 0 aliphatic rings. The van der Waals surface area contributed by atoms with Gasteiger partial charge >= 0.3 is 0 Å². The maximum Gasteiger partial charge on any atom is 0.269 e. The number of para-hydroxylation sites is 2. The molecule has 4 aromatic rings. The summed E-state index contributed by atoms with van der Waals surface area (Å²) in [6, 6.07) is 15.1. The summed E-state index contributed by atoms with van der Waals surface area (Å²) in [6.07, 6.45) is 1.37. The van der Waals surface area contributed by atoms with Crippen molar-refractivity contribution in [2.75, 3.05) is 6.61 Å². The first-order chi connectivity index (χ1) is 13.3. The summed E-state index contributed by atoms with van der Waals surface area (Å²) >= 11 is 1.45. The highest BCUT2D eigenvalue weighted by atomic mass is 32.2. The Morgan fingerprint density at radius 1 is 1.15 bits per heavy atom. The summed E-state index contributed by atoms with van der Waals surface area (Å²) in [5.74, 6) is 1.79. The van der Waals surface area contributed by atoms with E-state index in [4.69, 9.17) is 4.74 Å². The van der Waals surface area contributed by atoms with Crippen molar-refractivity contribution < 1.29 is 4.74 Å². The van der Waals surface area contributed by atoms with Gasteiger partial charge in [0.1, 0.15) is 12.1 Å². The SMILES string of the molecule is CCOc1ccccc1CSc1nc2ccccc2c(=O)n1-c1ncn[nH]1. The highest BCUT2D eigenvalue weighted by molar-refractivity contribution is 7.98. The number of hydrogen-bond acceptors (Lipinski definition) is 6. The zero-order valence-corrected chi connectivity index (χ0v) is 15.4. The maximum absolute atomic E-state index is 13.0. The smallest absolute Gasteiger partial charge is 0.269 e. The molecule has 0 saturated carbocycles. The van der Waals surface area contributed by atoms with Crippen molar-refractivity contribution in [2.24, 2.45) is 0 Å². The van der Waals surface area contributed by atoms with E-state index in [1.807, 2.05) is 49.4 Å². The number of ether oxygens (including phenoxy) is 1. The van der Waals surface area contributed by atoms with Crippen LogP contribution in [0.5, 0.6) is 5.75 Å². The van der Waals surface area contributed by atoms with Gasteiger partial charge in [-0.15, -0.1) is 0 Å². The number of nitrogens with one attached hydrogen (secondary N) is 1. The molecular formula is C19H17N5O2S. The standard InChI is InChI=1S/C19H17N5O2S/c1-2-26-16-10-6-3-7-13(16)11-27-19-22-15-9-5-4-8-14(15)17(25)24(19)18-20-12-21-23-18/h3-10,12H,2,11H2,1H3,(H,20,21,23). The van der Waals surface area contributed by atoms with E-state index in [1.54, 1.807) is 6.07 Å². The van der Waals surface area contributed by atoms with Crippen LogP contribution in [0, 0.1) is 0 Å². The van der Waals surface area contributed by atoms with Crippen molar-refractivity contribution in [1.29, 1.82) is 0 Å². The summed E-state index contributed by atoms with van der Waals surface area (Å²) in [4.78, 5) is 21.8. The number of hydrogen-bond donors (Lipinski definition) is 1. The lowest BCUT2D eigenvalue weighted by Crippen LogP contribution is -2.22. The van der Waals surface area contributed by atoms with E-state index >= 15 is 0 Å². The molecule has 136 valence electrons. The Kier molecular flexibility index (Phi) is 4.88. The van der Waals surface area contributed by atoms with Gasteiger partial charge in [0.05, 0.1) is 17.5 Å². The summed E-state index contributed by atoms with van der Waals surface area (Å²) in [6.45, 7) is 2.55. The summed E-state index contributed by atoms with van der Waals surface area (Å²) in [7, 11) is 0. The number of aromatic nitrogens is 5. The monoisotopic (exact) mass is 379 g/mol. The molecule has 2 aromatic heterocycles. The molecule has 2 aromatic carbocycles. The normalized spacial score (nSPS) is 11.0. The van der Waals surface area contributed by atoms with Crippen molar-refractivity contribution in [3.8, 4) is 11.7 Å². The number of benzene rings is 2. The number of rotatable bonds is 6. The second-order valence-electron chi connectivity index (χ2n) is 5.69. The Morgan fingerprint density at radius 2 is 1.96 bits per heavy atom. The molecule has 0 saturated heterocycles. The van der Waals surface area contributed by atoms with Crippen molar-refractivity contribution in [3.05, 3.63) is 70.8 Å². The zero-order chi connectivity index (χ0) is 18.6. The average molecular weight is 379 g/mol. The molecular weight excluding hydrogens is 362 g/mol. The van der Waals surface area contributed by atoms with Crippen LogP contribution in [0.2, 0.25) is 0 Å². The van der Waals surface area contributed by atoms with Gasteiger partial charge in [0.2, 0.25) is 5.95 Å². The lowest BCUT2D eigenvalue weighted by molar-refractivity contribution is 0.337. The van der Waals surface area contributed by atoms with Crippen LogP contribution in [0.15, 0.2) is 64.8 Å². The fourth-order valence-electron chi connectivity index (χ4n) is 2.76. The third-order valence-corrected chi connectivity index (χ3v) is 4.98. The van der Waals surface area contributed by atoms with E-state index in [0.717, 1.165) is 11.3 Å². The van der Waals surface area contributed by atoms with E-state index in [1.165, 1.54) is 22.7 Å². The topological polar surface area (TPSA) is 85.7 Å². The van der Waals surface area contributed by atoms with Gasteiger partial charge < -0.3 is 4.74 Å². The van der Waals surface area contributed by atoms with E-state index in [0.29, 0.717) is 34.4 Å². The molecule has 2 heterocycles. The number of fused-ring (bicyclic) bond motifs is 1. The summed E-state index contributed by atoms with van der Waals surface area (Å²) < 4.78 is 7.15. The van der Waals surface area contributed by atoms with Gasteiger partial charge in [-0.25, -0.2) is 14.6 Å². The first kappa shape index (κ1) is 17.3. The first-order valence-corrected chi connectivity index (χ1v) is 9.47. The summed E-state index contributed by atoms with van der Waals surface area (Å²) in [5.41, 5.74) is 1.51. The van der Waals surface area contributed by atoms with Crippen molar-refractivity contribution in [1.82, 2.24) is 24.7 Å². The van der Waals surface area contributed by atoms with Gasteiger partial charge in [-0.1, -0.05) is 42.1 Å². The molecule has 0 unspecified atom stereocenters. The number of H-pyrrole nitrogens is 1. The minimum Gasteiger partial charge on any atom is -0.494 e. The Labute approximate surface area is 159 Å². The third-order valence-electron chi connectivity index (χ3n) is 3.99. The third kappa shape index (κ3) is 3.43. The molecule has 0 fully saturated rings. The quantitative estimate of drug-likeness (QED) is 0.409. The van der Waals surface area contributed by atoms with Crippen LogP contribution in [0.1, 0.15) is 12.5 Å². The minimum absolute atomic E-state index is 0.182. The number of nitrogens with zero attached hydrogens (tertiary/aromatic N) is 4. The van der Waals surface area contributed by atoms with Gasteiger partial charge in [-0.3, -0.25) is 4.79 Å². The van der Waals surface area contributed by atoms with E-state index in [9.17, 15) is 4.79 Å². The van der Waals surface area contributed by atoms with Crippen LogP contribution in [-0.2, 0) is 5.75 Å². The fraction of sp³-hybridized carbons (Fsp3) is 0.158. The van der Waals surface area contributed by atoms with Gasteiger partial charge in [0.15, 0.2) is 5.16 Å².